The minimum Gasteiger partial charge on any atom is -0.345 e. The maximum absolute atomic E-state index is 13.9. The molecule has 4 heteroatoms. The summed E-state index contributed by atoms with van der Waals surface area (Å²) < 4.78 is 40.3. The van der Waals surface area contributed by atoms with Crippen molar-refractivity contribution in [3.05, 3.63) is 59.2 Å². The fourth-order valence-electron chi connectivity index (χ4n) is 4.40. The molecule has 0 radical (unpaired) electrons. The molecule has 2 aromatic carbocycles. The van der Waals surface area contributed by atoms with Crippen molar-refractivity contribution in [2.75, 3.05) is 13.2 Å². The van der Waals surface area contributed by atoms with Crippen LogP contribution in [0.2, 0.25) is 0 Å². The lowest BCUT2D eigenvalue weighted by atomic mass is 9.73. The molecule has 3 fully saturated rings. The maximum atomic E-state index is 13.9. The van der Waals surface area contributed by atoms with Crippen LogP contribution in [0.3, 0.4) is 0 Å². The first-order valence-corrected chi connectivity index (χ1v) is 10.3. The highest BCUT2D eigenvalue weighted by Gasteiger charge is 2.51. The fourth-order valence-corrected chi connectivity index (χ4v) is 4.40. The van der Waals surface area contributed by atoms with Crippen molar-refractivity contribution in [2.45, 2.75) is 58.2 Å². The Hall–Kier alpha value is -1.78. The van der Waals surface area contributed by atoms with E-state index in [1.165, 1.54) is 44.7 Å². The van der Waals surface area contributed by atoms with Gasteiger partial charge in [0.05, 0.1) is 13.2 Å². The van der Waals surface area contributed by atoms with E-state index in [1.54, 1.807) is 0 Å². The minimum absolute atomic E-state index is 0.0490. The fraction of sp³-hybridized carbons (Fsp3) is 0.500. The van der Waals surface area contributed by atoms with Crippen LogP contribution in [0.4, 0.5) is 8.78 Å². The summed E-state index contributed by atoms with van der Waals surface area (Å²) in [4.78, 5) is 0. The van der Waals surface area contributed by atoms with Gasteiger partial charge in [0.2, 0.25) is 0 Å². The lowest BCUT2D eigenvalue weighted by Gasteiger charge is -2.53. The van der Waals surface area contributed by atoms with Crippen molar-refractivity contribution in [3.63, 3.8) is 0 Å². The smallest absolute Gasteiger partial charge is 0.194 e. The first-order valence-electron chi connectivity index (χ1n) is 10.3. The summed E-state index contributed by atoms with van der Waals surface area (Å²) in [7, 11) is 0. The first-order chi connectivity index (χ1) is 13.5. The van der Waals surface area contributed by atoms with Gasteiger partial charge in [-0.25, -0.2) is 8.78 Å². The van der Waals surface area contributed by atoms with Crippen LogP contribution >= 0.6 is 0 Å². The lowest BCUT2D eigenvalue weighted by molar-refractivity contribution is -0.351. The van der Waals surface area contributed by atoms with E-state index in [0.717, 1.165) is 37.2 Å². The minimum atomic E-state index is -0.672. The van der Waals surface area contributed by atoms with Gasteiger partial charge in [0.1, 0.15) is 11.6 Å². The monoisotopic (exact) mass is 386 g/mol. The van der Waals surface area contributed by atoms with Crippen LogP contribution in [-0.2, 0) is 15.3 Å². The molecule has 2 aromatic rings. The summed E-state index contributed by atoms with van der Waals surface area (Å²) in [6, 6.07) is 10.5. The molecule has 0 atom stereocenters. The molecule has 3 aliphatic rings. The van der Waals surface area contributed by atoms with Crippen LogP contribution in [0.25, 0.3) is 11.1 Å². The van der Waals surface area contributed by atoms with E-state index < -0.39 is 17.4 Å². The van der Waals surface area contributed by atoms with Gasteiger partial charge in [-0.15, -0.1) is 0 Å². The Morgan fingerprint density at radius 2 is 1.54 bits per heavy atom. The van der Waals surface area contributed by atoms with Gasteiger partial charge < -0.3 is 9.47 Å². The number of ether oxygens (including phenoxy) is 2. The molecular formula is C24H28F2O2. The third-order valence-electron chi connectivity index (χ3n) is 6.46. The predicted molar refractivity (Wildman–Crippen MR) is 106 cm³/mol. The molecule has 28 heavy (non-hydrogen) atoms. The number of hydrogen-bond acceptors (Lipinski definition) is 2. The van der Waals surface area contributed by atoms with Crippen molar-refractivity contribution in [1.29, 1.82) is 0 Å². The Bertz CT molecular complexity index is 797. The number of fused-ring (bicyclic) bond motifs is 3. The molecule has 2 bridgehead atoms. The zero-order valence-corrected chi connectivity index (χ0v) is 16.7. The predicted octanol–water partition coefficient (Wildman–Crippen LogP) is 6.50. The van der Waals surface area contributed by atoms with Gasteiger partial charge >= 0.3 is 0 Å². The van der Waals surface area contributed by atoms with E-state index in [9.17, 15) is 8.78 Å². The second-order valence-corrected chi connectivity index (χ2v) is 8.43. The SMILES string of the molecule is CCCCCC12CCC(c3ccc(-c4cc(F)c(C)c(F)c4)cc3)(OC1)OC2. The van der Waals surface area contributed by atoms with Gasteiger partial charge in [0, 0.05) is 23.0 Å². The summed E-state index contributed by atoms with van der Waals surface area (Å²) in [5, 5.41) is 0. The molecule has 0 unspecified atom stereocenters. The largest absolute Gasteiger partial charge is 0.345 e. The molecule has 3 heterocycles. The molecule has 0 saturated carbocycles. The van der Waals surface area contributed by atoms with Gasteiger partial charge in [0.15, 0.2) is 5.79 Å². The highest BCUT2D eigenvalue weighted by Crippen LogP contribution is 2.51. The van der Waals surface area contributed by atoms with Crippen LogP contribution in [0, 0.1) is 24.0 Å². The van der Waals surface area contributed by atoms with Crippen molar-refractivity contribution >= 4 is 0 Å². The van der Waals surface area contributed by atoms with Crippen LogP contribution in [0.1, 0.15) is 56.6 Å². The highest BCUT2D eigenvalue weighted by molar-refractivity contribution is 5.64. The summed E-state index contributed by atoms with van der Waals surface area (Å²) in [6.07, 6.45) is 6.85. The van der Waals surface area contributed by atoms with E-state index in [1.807, 2.05) is 24.3 Å². The summed E-state index contributed by atoms with van der Waals surface area (Å²) in [5.74, 6) is -1.72. The van der Waals surface area contributed by atoms with Gasteiger partial charge in [0.25, 0.3) is 0 Å². The summed E-state index contributed by atoms with van der Waals surface area (Å²) in [6.45, 7) is 5.15. The Balaban J connectivity index is 1.50. The van der Waals surface area contributed by atoms with Crippen LogP contribution in [-0.4, -0.2) is 13.2 Å². The molecule has 3 saturated heterocycles. The molecule has 2 nitrogen and oxygen atoms in total. The second-order valence-electron chi connectivity index (χ2n) is 8.43. The van der Waals surface area contributed by atoms with E-state index in [2.05, 4.69) is 6.92 Å². The molecule has 0 spiro atoms. The molecule has 0 amide bonds. The molecule has 5 rings (SSSR count). The van der Waals surface area contributed by atoms with Crippen LogP contribution in [0.15, 0.2) is 36.4 Å². The van der Waals surface area contributed by atoms with E-state index in [-0.39, 0.29) is 11.0 Å². The van der Waals surface area contributed by atoms with Crippen LogP contribution in [0.5, 0.6) is 0 Å². The number of halogens is 2. The van der Waals surface area contributed by atoms with Gasteiger partial charge in [-0.05, 0) is 43.0 Å². The molecule has 0 aromatic heterocycles. The van der Waals surface area contributed by atoms with E-state index in [0.29, 0.717) is 5.56 Å². The van der Waals surface area contributed by atoms with Gasteiger partial charge in [-0.3, -0.25) is 0 Å². The molecule has 150 valence electrons. The highest BCUT2D eigenvalue weighted by atomic mass is 19.1. The Labute approximate surface area is 165 Å². The van der Waals surface area contributed by atoms with Gasteiger partial charge in [-0.1, -0.05) is 50.5 Å². The van der Waals surface area contributed by atoms with E-state index >= 15 is 0 Å². The topological polar surface area (TPSA) is 18.5 Å². The Kier molecular flexibility index (Phi) is 5.28. The molecule has 0 N–H and O–H groups in total. The molecule has 3 aliphatic heterocycles. The third kappa shape index (κ3) is 3.48. The summed E-state index contributed by atoms with van der Waals surface area (Å²) >= 11 is 0. The standard InChI is InChI=1S/C24H28F2O2/c1-3-4-5-10-23-11-12-24(27-15-23,28-16-23)20-8-6-18(7-9-20)19-13-21(25)17(2)22(26)14-19/h6-9,13-14H,3-5,10-12,15-16H2,1-2H3. The maximum Gasteiger partial charge on any atom is 0.194 e. The quantitative estimate of drug-likeness (QED) is 0.528. The zero-order valence-electron chi connectivity index (χ0n) is 16.7. The third-order valence-corrected chi connectivity index (χ3v) is 6.46. The average Bonchev–Trinajstić information content (AvgIpc) is 2.73. The Morgan fingerprint density at radius 1 is 0.893 bits per heavy atom. The zero-order chi connectivity index (χ0) is 19.8. The van der Waals surface area contributed by atoms with E-state index in [4.69, 9.17) is 9.47 Å². The number of rotatable bonds is 6. The number of hydrogen-bond donors (Lipinski definition) is 0. The van der Waals surface area contributed by atoms with Crippen molar-refractivity contribution in [1.82, 2.24) is 0 Å². The molecular weight excluding hydrogens is 358 g/mol. The average molecular weight is 386 g/mol. The second kappa shape index (κ2) is 7.57. The Morgan fingerprint density at radius 3 is 2.07 bits per heavy atom. The first kappa shape index (κ1) is 19.5. The van der Waals surface area contributed by atoms with Crippen molar-refractivity contribution < 1.29 is 18.3 Å². The summed E-state index contributed by atoms with van der Waals surface area (Å²) in [5.41, 5.74) is 2.51. The number of benzene rings is 2. The normalized spacial score (nSPS) is 26.6. The van der Waals surface area contributed by atoms with Crippen molar-refractivity contribution in [3.8, 4) is 11.1 Å². The number of unbranched alkanes of at least 4 members (excludes halogenated alkanes) is 2. The van der Waals surface area contributed by atoms with Crippen LogP contribution < -0.4 is 0 Å². The van der Waals surface area contributed by atoms with Crippen molar-refractivity contribution in [2.24, 2.45) is 5.41 Å². The lowest BCUT2D eigenvalue weighted by Crippen LogP contribution is -2.53. The van der Waals surface area contributed by atoms with Gasteiger partial charge in [-0.2, -0.15) is 0 Å². The molecule has 0 aliphatic carbocycles.